The number of hydrogen-bond acceptors (Lipinski definition) is 2. The number of rotatable bonds is 0. The predicted octanol–water partition coefficient (Wildman–Crippen LogP) is 4.42. The topological polar surface area (TPSA) is 15.6 Å². The van der Waals surface area contributed by atoms with E-state index in [1.165, 1.54) is 22.4 Å². The molecule has 1 aliphatic carbocycles. The number of fused-ring (bicyclic) bond motifs is 1. The predicted molar refractivity (Wildman–Crippen MR) is 96.6 cm³/mol. The molecule has 0 amide bonds. The smallest absolute Gasteiger partial charge is 0.126 e. The number of aliphatic imine (C=N–C) groups is 1. The standard InChI is InChI=1S/C20H22N2/c1-5-15-16-11-7-8-12-18(16)22(4)20(17(15)6-2)14-10-9-13-19(20)21-3/h5-14H,1-4H3/b15-5+,17-6+,21-19?. The molecule has 1 aromatic carbocycles. The van der Waals surface area contributed by atoms with E-state index in [0.717, 1.165) is 5.71 Å². The first kappa shape index (κ1) is 14.6. The van der Waals surface area contributed by atoms with E-state index >= 15 is 0 Å². The molecule has 3 rings (SSSR count). The molecule has 1 aromatic rings. The molecule has 22 heavy (non-hydrogen) atoms. The zero-order valence-electron chi connectivity index (χ0n) is 13.7. The van der Waals surface area contributed by atoms with Gasteiger partial charge in [0.15, 0.2) is 0 Å². The molecule has 0 saturated heterocycles. The van der Waals surface area contributed by atoms with Crippen LogP contribution in [0, 0.1) is 0 Å². The van der Waals surface area contributed by atoms with Gasteiger partial charge < -0.3 is 4.90 Å². The highest BCUT2D eigenvalue weighted by atomic mass is 15.2. The monoisotopic (exact) mass is 290 g/mol. The largest absolute Gasteiger partial charge is 0.356 e. The number of nitrogens with zero attached hydrogens (tertiary/aromatic N) is 2. The molecule has 1 atom stereocenters. The van der Waals surface area contributed by atoms with Crippen LogP contribution in [-0.2, 0) is 0 Å². The highest BCUT2D eigenvalue weighted by Gasteiger charge is 2.46. The Bertz CT molecular complexity index is 747. The minimum Gasteiger partial charge on any atom is -0.356 e. The van der Waals surface area contributed by atoms with Gasteiger partial charge in [-0.05, 0) is 43.2 Å². The Kier molecular flexibility index (Phi) is 3.61. The summed E-state index contributed by atoms with van der Waals surface area (Å²) in [5, 5.41) is 0. The average molecular weight is 290 g/mol. The van der Waals surface area contributed by atoms with E-state index in [-0.39, 0.29) is 5.54 Å². The molecule has 0 fully saturated rings. The van der Waals surface area contributed by atoms with Crippen LogP contribution in [0.2, 0.25) is 0 Å². The van der Waals surface area contributed by atoms with Gasteiger partial charge in [-0.15, -0.1) is 0 Å². The van der Waals surface area contributed by atoms with Crippen molar-refractivity contribution in [3.8, 4) is 0 Å². The third kappa shape index (κ3) is 1.77. The Morgan fingerprint density at radius 1 is 1.09 bits per heavy atom. The summed E-state index contributed by atoms with van der Waals surface area (Å²) in [5.74, 6) is 0. The minimum atomic E-state index is -0.325. The van der Waals surface area contributed by atoms with Crippen LogP contribution in [0.3, 0.4) is 0 Å². The van der Waals surface area contributed by atoms with Crippen LogP contribution in [-0.4, -0.2) is 25.3 Å². The summed E-state index contributed by atoms with van der Waals surface area (Å²) in [5.41, 5.74) is 5.84. The van der Waals surface area contributed by atoms with Crippen LogP contribution in [0.25, 0.3) is 5.57 Å². The molecule has 1 aliphatic heterocycles. The highest BCUT2D eigenvalue weighted by Crippen LogP contribution is 2.48. The number of benzene rings is 1. The molecular formula is C20H22N2. The molecule has 0 bridgehead atoms. The summed E-state index contributed by atoms with van der Waals surface area (Å²) in [4.78, 5) is 6.92. The summed E-state index contributed by atoms with van der Waals surface area (Å²) in [6, 6.07) is 8.59. The molecule has 1 spiro atoms. The van der Waals surface area contributed by atoms with Crippen molar-refractivity contribution in [3.05, 3.63) is 71.9 Å². The Labute approximate surface area is 132 Å². The van der Waals surface area contributed by atoms with Crippen LogP contribution in [0.4, 0.5) is 5.69 Å². The Hall–Kier alpha value is -2.35. The number of hydrogen-bond donors (Lipinski definition) is 0. The van der Waals surface area contributed by atoms with Gasteiger partial charge in [0.05, 0.1) is 5.71 Å². The summed E-state index contributed by atoms with van der Waals surface area (Å²) >= 11 is 0. The summed E-state index contributed by atoms with van der Waals surface area (Å²) in [6.45, 7) is 4.22. The zero-order chi connectivity index (χ0) is 15.7. The second-order valence-corrected chi connectivity index (χ2v) is 5.57. The van der Waals surface area contributed by atoms with E-state index in [2.05, 4.69) is 91.5 Å². The maximum atomic E-state index is 4.58. The SMILES string of the molecule is C/C=C1/C(=C\C)C2(C=CC=CC2=NC)N(C)c2ccccc21. The zero-order valence-corrected chi connectivity index (χ0v) is 13.7. The molecule has 1 heterocycles. The van der Waals surface area contributed by atoms with E-state index in [1.54, 1.807) is 0 Å². The first-order chi connectivity index (χ1) is 10.7. The molecule has 2 heteroatoms. The molecule has 0 radical (unpaired) electrons. The van der Waals surface area contributed by atoms with Crippen molar-refractivity contribution in [1.82, 2.24) is 0 Å². The van der Waals surface area contributed by atoms with Gasteiger partial charge in [-0.2, -0.15) is 0 Å². The third-order valence-corrected chi connectivity index (χ3v) is 4.70. The number of likely N-dealkylation sites (N-methyl/N-ethyl adjacent to an activating group) is 1. The van der Waals surface area contributed by atoms with Gasteiger partial charge >= 0.3 is 0 Å². The van der Waals surface area contributed by atoms with Crippen molar-refractivity contribution in [1.29, 1.82) is 0 Å². The van der Waals surface area contributed by atoms with Crippen molar-refractivity contribution >= 4 is 17.0 Å². The molecule has 0 aromatic heterocycles. The van der Waals surface area contributed by atoms with Crippen molar-refractivity contribution in [3.63, 3.8) is 0 Å². The van der Waals surface area contributed by atoms with Gasteiger partial charge in [0.2, 0.25) is 0 Å². The van der Waals surface area contributed by atoms with Crippen LogP contribution in [0.1, 0.15) is 19.4 Å². The highest BCUT2D eigenvalue weighted by molar-refractivity contribution is 6.15. The number of anilines is 1. The van der Waals surface area contributed by atoms with Crippen molar-refractivity contribution < 1.29 is 0 Å². The van der Waals surface area contributed by atoms with Crippen LogP contribution in [0.15, 0.2) is 71.3 Å². The molecule has 2 aliphatic rings. The lowest BCUT2D eigenvalue weighted by atomic mass is 9.71. The molecular weight excluding hydrogens is 268 g/mol. The number of allylic oxidation sites excluding steroid dienone is 4. The van der Waals surface area contributed by atoms with Gasteiger partial charge in [-0.3, -0.25) is 4.99 Å². The molecule has 112 valence electrons. The molecule has 0 N–H and O–H groups in total. The quantitative estimate of drug-likeness (QED) is 0.690. The van der Waals surface area contributed by atoms with Gasteiger partial charge in [-0.1, -0.05) is 42.5 Å². The maximum Gasteiger partial charge on any atom is 0.126 e. The van der Waals surface area contributed by atoms with E-state index in [9.17, 15) is 0 Å². The van der Waals surface area contributed by atoms with Gasteiger partial charge in [-0.25, -0.2) is 0 Å². The average Bonchev–Trinajstić information content (AvgIpc) is 2.58. The lowest BCUT2D eigenvalue weighted by molar-refractivity contribution is 0.740. The van der Waals surface area contributed by atoms with Crippen LogP contribution in [0.5, 0.6) is 0 Å². The summed E-state index contributed by atoms with van der Waals surface area (Å²) < 4.78 is 0. The maximum absolute atomic E-state index is 4.58. The second kappa shape index (κ2) is 5.45. The van der Waals surface area contributed by atoms with Crippen molar-refractivity contribution in [2.45, 2.75) is 19.4 Å². The van der Waals surface area contributed by atoms with Crippen molar-refractivity contribution in [2.75, 3.05) is 19.0 Å². The number of para-hydroxylation sites is 1. The lowest BCUT2D eigenvalue weighted by Gasteiger charge is -2.49. The first-order valence-electron chi connectivity index (χ1n) is 7.70. The molecule has 0 saturated carbocycles. The van der Waals surface area contributed by atoms with Gasteiger partial charge in [0.1, 0.15) is 5.54 Å². The van der Waals surface area contributed by atoms with Crippen LogP contribution >= 0.6 is 0 Å². The lowest BCUT2D eigenvalue weighted by Crippen LogP contribution is -2.55. The Morgan fingerprint density at radius 3 is 2.55 bits per heavy atom. The van der Waals surface area contributed by atoms with Gasteiger partial charge in [0.25, 0.3) is 0 Å². The fourth-order valence-corrected chi connectivity index (χ4v) is 3.71. The summed E-state index contributed by atoms with van der Waals surface area (Å²) in [7, 11) is 4.03. The van der Waals surface area contributed by atoms with E-state index < -0.39 is 0 Å². The fraction of sp³-hybridized carbons (Fsp3) is 0.250. The minimum absolute atomic E-state index is 0.325. The van der Waals surface area contributed by atoms with Gasteiger partial charge in [0, 0.05) is 25.3 Å². The van der Waals surface area contributed by atoms with E-state index in [1.807, 2.05) is 7.05 Å². The van der Waals surface area contributed by atoms with Crippen molar-refractivity contribution in [2.24, 2.45) is 4.99 Å². The normalized spacial score (nSPS) is 28.9. The second-order valence-electron chi connectivity index (χ2n) is 5.57. The Morgan fingerprint density at radius 2 is 1.86 bits per heavy atom. The van der Waals surface area contributed by atoms with E-state index in [4.69, 9.17) is 0 Å². The van der Waals surface area contributed by atoms with E-state index in [0.29, 0.717) is 0 Å². The first-order valence-corrected chi connectivity index (χ1v) is 7.70. The molecule has 1 unspecified atom stereocenters. The molecule has 2 nitrogen and oxygen atoms in total. The Balaban J connectivity index is 2.38. The van der Waals surface area contributed by atoms with Crippen LogP contribution < -0.4 is 4.90 Å². The third-order valence-electron chi connectivity index (χ3n) is 4.70. The fourth-order valence-electron chi connectivity index (χ4n) is 3.71. The summed E-state index contributed by atoms with van der Waals surface area (Å²) in [6.07, 6.45) is 13.0.